The Morgan fingerprint density at radius 2 is 2.20 bits per heavy atom. The van der Waals surface area contributed by atoms with Gasteiger partial charge in [-0.2, -0.15) is 0 Å². The first kappa shape index (κ1) is 17.9. The molecule has 1 amide bonds. The summed E-state index contributed by atoms with van der Waals surface area (Å²) >= 11 is 3.17. The maximum Gasteiger partial charge on any atom is 0.247 e. The first-order valence-corrected chi connectivity index (χ1v) is 10.0. The standard InChI is InChI=1S/C15H21N7OS2/c1-4-5-6-24-15-22-21-14(25-15)20-12-10-11(16-7-17-12)18-9(8(2)3)13(23)19-10/h7-9H,4-6H2,1-3H3,(H,19,23)(H2,16,17,18,20,21). The number of rotatable bonds is 7. The van der Waals surface area contributed by atoms with E-state index in [1.54, 1.807) is 11.8 Å². The molecule has 3 N–H and O–H groups in total. The molecule has 2 aromatic rings. The van der Waals surface area contributed by atoms with E-state index in [4.69, 9.17) is 0 Å². The van der Waals surface area contributed by atoms with E-state index < -0.39 is 0 Å². The Kier molecular flexibility index (Phi) is 5.69. The molecule has 3 rings (SSSR count). The summed E-state index contributed by atoms with van der Waals surface area (Å²) < 4.78 is 0.918. The lowest BCUT2D eigenvalue weighted by molar-refractivity contribution is -0.117. The fourth-order valence-electron chi connectivity index (χ4n) is 2.32. The van der Waals surface area contributed by atoms with E-state index in [1.165, 1.54) is 17.7 Å². The summed E-state index contributed by atoms with van der Waals surface area (Å²) in [5, 5.41) is 18.1. The molecular formula is C15H21N7OS2. The minimum Gasteiger partial charge on any atom is -0.356 e. The minimum absolute atomic E-state index is 0.0894. The highest BCUT2D eigenvalue weighted by Gasteiger charge is 2.30. The molecule has 1 unspecified atom stereocenters. The Balaban J connectivity index is 1.74. The molecule has 0 aromatic carbocycles. The number of thioether (sulfide) groups is 1. The van der Waals surface area contributed by atoms with Crippen LogP contribution < -0.4 is 16.0 Å². The number of nitrogens with one attached hydrogen (secondary N) is 3. The normalized spacial score (nSPS) is 16.3. The van der Waals surface area contributed by atoms with Gasteiger partial charge < -0.3 is 16.0 Å². The smallest absolute Gasteiger partial charge is 0.247 e. The fourth-order valence-corrected chi connectivity index (χ4v) is 4.22. The molecule has 3 heterocycles. The van der Waals surface area contributed by atoms with Crippen molar-refractivity contribution in [1.82, 2.24) is 20.2 Å². The van der Waals surface area contributed by atoms with Crippen molar-refractivity contribution in [2.75, 3.05) is 21.7 Å². The van der Waals surface area contributed by atoms with Crippen molar-refractivity contribution in [3.63, 3.8) is 0 Å². The number of amides is 1. The second-order valence-corrected chi connectivity index (χ2v) is 8.32. The average Bonchev–Trinajstić information content (AvgIpc) is 3.02. The van der Waals surface area contributed by atoms with E-state index in [0.29, 0.717) is 22.5 Å². The monoisotopic (exact) mass is 379 g/mol. The predicted octanol–water partition coefficient (Wildman–Crippen LogP) is 3.35. The van der Waals surface area contributed by atoms with Gasteiger partial charge in [0.1, 0.15) is 18.1 Å². The van der Waals surface area contributed by atoms with Crippen LogP contribution in [0.25, 0.3) is 0 Å². The van der Waals surface area contributed by atoms with Crippen LogP contribution in [0.3, 0.4) is 0 Å². The van der Waals surface area contributed by atoms with E-state index in [0.717, 1.165) is 22.9 Å². The largest absolute Gasteiger partial charge is 0.356 e. The Morgan fingerprint density at radius 1 is 1.36 bits per heavy atom. The van der Waals surface area contributed by atoms with Crippen molar-refractivity contribution in [2.24, 2.45) is 5.92 Å². The van der Waals surface area contributed by atoms with Crippen LogP contribution in [0.2, 0.25) is 0 Å². The minimum atomic E-state index is -0.307. The maximum atomic E-state index is 12.3. The third-order valence-corrected chi connectivity index (χ3v) is 5.75. The zero-order valence-electron chi connectivity index (χ0n) is 14.4. The summed E-state index contributed by atoms with van der Waals surface area (Å²) in [5.74, 6) is 2.22. The first-order valence-electron chi connectivity index (χ1n) is 8.24. The predicted molar refractivity (Wildman–Crippen MR) is 102 cm³/mol. The molecule has 0 saturated heterocycles. The van der Waals surface area contributed by atoms with Crippen LogP contribution in [0.5, 0.6) is 0 Å². The molecular weight excluding hydrogens is 358 g/mol. The number of aromatic nitrogens is 4. The zero-order valence-corrected chi connectivity index (χ0v) is 16.0. The highest BCUT2D eigenvalue weighted by Crippen LogP contribution is 2.35. The summed E-state index contributed by atoms with van der Waals surface area (Å²) in [6.07, 6.45) is 3.77. The van der Waals surface area contributed by atoms with Crippen molar-refractivity contribution >= 4 is 51.5 Å². The van der Waals surface area contributed by atoms with Crippen LogP contribution in [0.1, 0.15) is 33.6 Å². The zero-order chi connectivity index (χ0) is 17.8. The molecule has 25 heavy (non-hydrogen) atoms. The third kappa shape index (κ3) is 4.18. The van der Waals surface area contributed by atoms with Gasteiger partial charge in [-0.05, 0) is 12.3 Å². The summed E-state index contributed by atoms with van der Waals surface area (Å²) in [7, 11) is 0. The Bertz CT molecular complexity index is 749. The highest BCUT2D eigenvalue weighted by atomic mass is 32.2. The molecule has 1 aliphatic heterocycles. The first-order chi connectivity index (χ1) is 12.1. The van der Waals surface area contributed by atoms with Crippen LogP contribution in [-0.4, -0.2) is 37.9 Å². The summed E-state index contributed by atoms with van der Waals surface area (Å²) in [6, 6.07) is -0.307. The fraction of sp³-hybridized carbons (Fsp3) is 0.533. The Hall–Kier alpha value is -1.94. The van der Waals surface area contributed by atoms with Gasteiger partial charge in [-0.25, -0.2) is 9.97 Å². The Morgan fingerprint density at radius 3 is 2.96 bits per heavy atom. The molecule has 134 valence electrons. The van der Waals surface area contributed by atoms with Gasteiger partial charge in [-0.15, -0.1) is 10.2 Å². The van der Waals surface area contributed by atoms with Crippen molar-refractivity contribution in [3.05, 3.63) is 6.33 Å². The lowest BCUT2D eigenvalue weighted by Gasteiger charge is -2.28. The topological polar surface area (TPSA) is 105 Å². The number of fused-ring (bicyclic) bond motifs is 1. The summed E-state index contributed by atoms with van der Waals surface area (Å²) in [4.78, 5) is 20.7. The van der Waals surface area contributed by atoms with Crippen molar-refractivity contribution in [2.45, 2.75) is 44.0 Å². The third-order valence-electron chi connectivity index (χ3n) is 3.69. The van der Waals surface area contributed by atoms with E-state index in [2.05, 4.69) is 43.0 Å². The number of carbonyl (C=O) groups excluding carboxylic acids is 1. The van der Waals surface area contributed by atoms with Gasteiger partial charge in [0.05, 0.1) is 0 Å². The number of hydrogen-bond acceptors (Lipinski definition) is 9. The van der Waals surface area contributed by atoms with Gasteiger partial charge in [-0.1, -0.05) is 50.3 Å². The maximum absolute atomic E-state index is 12.3. The molecule has 1 aliphatic rings. The number of anilines is 4. The number of carbonyl (C=O) groups is 1. The second kappa shape index (κ2) is 7.96. The molecule has 0 aliphatic carbocycles. The molecule has 10 heteroatoms. The van der Waals surface area contributed by atoms with E-state index in [9.17, 15) is 4.79 Å². The van der Waals surface area contributed by atoms with E-state index in [-0.39, 0.29) is 17.9 Å². The molecule has 0 bridgehead atoms. The van der Waals surface area contributed by atoms with Crippen molar-refractivity contribution in [1.29, 1.82) is 0 Å². The average molecular weight is 380 g/mol. The lowest BCUT2D eigenvalue weighted by atomic mass is 10.0. The van der Waals surface area contributed by atoms with E-state index >= 15 is 0 Å². The van der Waals surface area contributed by atoms with Gasteiger partial charge in [0.15, 0.2) is 16.0 Å². The van der Waals surface area contributed by atoms with E-state index in [1.807, 2.05) is 13.8 Å². The van der Waals surface area contributed by atoms with Gasteiger partial charge in [0, 0.05) is 5.75 Å². The SMILES string of the molecule is CCCCSc1nnc(Nc2ncnc3c2NC(=O)C(C(C)C)N3)s1. The molecule has 8 nitrogen and oxygen atoms in total. The van der Waals surface area contributed by atoms with Crippen molar-refractivity contribution in [3.8, 4) is 0 Å². The summed E-state index contributed by atoms with van der Waals surface area (Å²) in [6.45, 7) is 6.14. The summed E-state index contributed by atoms with van der Waals surface area (Å²) in [5.41, 5.74) is 0.541. The molecule has 2 aromatic heterocycles. The van der Waals surface area contributed by atoms with Gasteiger partial charge in [-0.3, -0.25) is 4.79 Å². The molecule has 0 radical (unpaired) electrons. The van der Waals surface area contributed by atoms with Crippen LogP contribution in [0.4, 0.5) is 22.5 Å². The number of nitrogens with zero attached hydrogens (tertiary/aromatic N) is 4. The van der Waals surface area contributed by atoms with Crippen LogP contribution in [0, 0.1) is 5.92 Å². The molecule has 0 fully saturated rings. The molecule has 0 spiro atoms. The number of hydrogen-bond donors (Lipinski definition) is 3. The van der Waals surface area contributed by atoms with Crippen LogP contribution in [0.15, 0.2) is 10.7 Å². The lowest BCUT2D eigenvalue weighted by Crippen LogP contribution is -2.43. The Labute approximate surface area is 154 Å². The van der Waals surface area contributed by atoms with Crippen LogP contribution in [-0.2, 0) is 4.79 Å². The second-order valence-electron chi connectivity index (χ2n) is 6.00. The quantitative estimate of drug-likeness (QED) is 0.497. The van der Waals surface area contributed by atoms with Gasteiger partial charge in [0.25, 0.3) is 0 Å². The van der Waals surface area contributed by atoms with Crippen LogP contribution >= 0.6 is 23.1 Å². The highest BCUT2D eigenvalue weighted by molar-refractivity contribution is 8.01. The van der Waals surface area contributed by atoms with Gasteiger partial charge in [0.2, 0.25) is 11.0 Å². The van der Waals surface area contributed by atoms with Gasteiger partial charge >= 0.3 is 0 Å². The molecule has 0 saturated carbocycles. The van der Waals surface area contributed by atoms with Crippen molar-refractivity contribution < 1.29 is 4.79 Å². The molecule has 1 atom stereocenters. The number of unbranched alkanes of at least 4 members (excludes halogenated alkanes) is 1.